The Hall–Kier alpha value is -0.660. The first-order valence-corrected chi connectivity index (χ1v) is 20.4. The van der Waals surface area contributed by atoms with Crippen LogP contribution in [0.2, 0.25) is 13.1 Å². The van der Waals surface area contributed by atoms with Crippen LogP contribution in [0.1, 0.15) is 64.7 Å². The number of rotatable bonds is 3. The van der Waals surface area contributed by atoms with Gasteiger partial charge in [0.15, 0.2) is 0 Å². The Morgan fingerprint density at radius 2 is 1.39 bits per heavy atom. The van der Waals surface area contributed by atoms with Crippen LogP contribution in [0.3, 0.4) is 0 Å². The zero-order valence-electron chi connectivity index (χ0n) is 21.5. The largest absolute Gasteiger partial charge is 1.00 e. The number of fused-ring (bicyclic) bond motifs is 1. The topological polar surface area (TPSA) is 0 Å². The summed E-state index contributed by atoms with van der Waals surface area (Å²) >= 11 is -1.92. The van der Waals surface area contributed by atoms with Crippen LogP contribution in [-0.4, -0.2) is 5.43 Å². The molecule has 33 heavy (non-hydrogen) atoms. The molecule has 4 heteroatoms. The number of allylic oxidation sites excluding steroid dienone is 5. The van der Waals surface area contributed by atoms with Crippen molar-refractivity contribution in [3.05, 3.63) is 95.9 Å². The van der Waals surface area contributed by atoms with Gasteiger partial charge >= 0.3 is 198 Å². The summed E-state index contributed by atoms with van der Waals surface area (Å²) in [7, 11) is 0. The third-order valence-corrected chi connectivity index (χ3v) is 26.5. The molecule has 2 aliphatic rings. The molecule has 0 fully saturated rings. The van der Waals surface area contributed by atoms with E-state index in [1.54, 1.807) is 22.3 Å². The van der Waals surface area contributed by atoms with Gasteiger partial charge < -0.3 is 24.8 Å². The summed E-state index contributed by atoms with van der Waals surface area (Å²) in [5.41, 5.74) is 14.7. The van der Waals surface area contributed by atoms with Crippen LogP contribution < -0.4 is 24.8 Å². The summed E-state index contributed by atoms with van der Waals surface area (Å²) < 4.78 is 2.58. The van der Waals surface area contributed by atoms with E-state index in [2.05, 4.69) is 104 Å². The molecule has 2 atom stereocenters. The second-order valence-corrected chi connectivity index (χ2v) is 27.3. The summed E-state index contributed by atoms with van der Waals surface area (Å²) in [4.78, 5) is 0. The van der Waals surface area contributed by atoms with E-state index in [0.717, 1.165) is 0 Å². The molecule has 2 aromatic carbocycles. The molecular weight excluding hydrogens is 539 g/mol. The minimum Gasteiger partial charge on any atom is -1.00 e. The fourth-order valence-corrected chi connectivity index (χ4v) is 25.3. The van der Waals surface area contributed by atoms with E-state index < -0.39 is 20.4 Å². The first-order chi connectivity index (χ1) is 14.6. The fourth-order valence-electron chi connectivity index (χ4n) is 5.59. The Morgan fingerprint density at radius 3 is 1.91 bits per heavy atom. The van der Waals surface area contributed by atoms with Crippen molar-refractivity contribution in [2.45, 2.75) is 65.2 Å². The molecule has 2 unspecified atom stereocenters. The number of benzene rings is 2. The number of hydrogen-bond donors (Lipinski definition) is 0. The van der Waals surface area contributed by atoms with Crippen molar-refractivity contribution in [2.24, 2.45) is 5.92 Å². The van der Waals surface area contributed by atoms with Crippen LogP contribution in [0.15, 0.2) is 62.5 Å². The Labute approximate surface area is 221 Å². The molecule has 0 spiro atoms. The van der Waals surface area contributed by atoms with Gasteiger partial charge in [0.2, 0.25) is 0 Å². The number of aryl methyl sites for hydroxylation is 2. The van der Waals surface area contributed by atoms with Crippen LogP contribution >= 0.6 is 0 Å². The van der Waals surface area contributed by atoms with E-state index >= 15 is 0 Å². The zero-order valence-corrected chi connectivity index (χ0v) is 26.4. The Kier molecular flexibility index (Phi) is 9.48. The summed E-state index contributed by atoms with van der Waals surface area (Å²) in [6.07, 6.45) is 2.70. The summed E-state index contributed by atoms with van der Waals surface area (Å²) in [6, 6.07) is 14.1. The van der Waals surface area contributed by atoms with Gasteiger partial charge in [0, 0.05) is 0 Å². The van der Waals surface area contributed by atoms with Crippen molar-refractivity contribution in [1.82, 2.24) is 0 Å². The normalized spacial score (nSPS) is 18.8. The third-order valence-electron chi connectivity index (χ3n) is 7.94. The van der Waals surface area contributed by atoms with Crippen molar-refractivity contribution >= 4 is 11.0 Å². The van der Waals surface area contributed by atoms with Gasteiger partial charge in [0.05, 0.1) is 0 Å². The van der Waals surface area contributed by atoms with Crippen molar-refractivity contribution in [2.75, 3.05) is 0 Å². The first kappa shape index (κ1) is 28.6. The maximum Gasteiger partial charge on any atom is -1.00 e. The number of hydrogen-bond acceptors (Lipinski definition) is 0. The van der Waals surface area contributed by atoms with E-state index in [1.807, 2.05) is 3.28 Å². The van der Waals surface area contributed by atoms with Crippen LogP contribution in [0.4, 0.5) is 0 Å². The van der Waals surface area contributed by atoms with Gasteiger partial charge in [-0.05, 0) is 0 Å². The average Bonchev–Trinajstić information content (AvgIpc) is 3.19. The Balaban J connectivity index is 0.00000193. The van der Waals surface area contributed by atoms with Crippen LogP contribution in [0.5, 0.6) is 0 Å². The summed E-state index contributed by atoms with van der Waals surface area (Å²) in [6.45, 7) is 21.6. The van der Waals surface area contributed by atoms with Gasteiger partial charge in [0.1, 0.15) is 0 Å². The molecular formula is C29H36Cl2SiZr. The van der Waals surface area contributed by atoms with E-state index in [1.165, 1.54) is 33.4 Å². The molecule has 0 aromatic heterocycles. The van der Waals surface area contributed by atoms with Gasteiger partial charge in [-0.25, -0.2) is 0 Å². The summed E-state index contributed by atoms with van der Waals surface area (Å²) in [5, 5.41) is 0. The first-order valence-electron chi connectivity index (χ1n) is 11.6. The van der Waals surface area contributed by atoms with E-state index in [4.69, 9.17) is 0 Å². The molecule has 0 heterocycles. The minimum absolute atomic E-state index is 0. The maximum atomic E-state index is 2.70. The smallest absolute Gasteiger partial charge is 1.00 e. The van der Waals surface area contributed by atoms with Gasteiger partial charge in [-0.1, -0.05) is 0 Å². The second-order valence-electron chi connectivity index (χ2n) is 9.86. The van der Waals surface area contributed by atoms with Crippen LogP contribution in [0, 0.1) is 26.7 Å². The molecule has 2 aliphatic carbocycles. The van der Waals surface area contributed by atoms with Crippen LogP contribution in [0.25, 0.3) is 5.57 Å². The minimum atomic E-state index is -1.92. The van der Waals surface area contributed by atoms with E-state index in [9.17, 15) is 0 Å². The Morgan fingerprint density at radius 1 is 0.818 bits per heavy atom. The van der Waals surface area contributed by atoms with Crippen molar-refractivity contribution in [1.29, 1.82) is 0 Å². The van der Waals surface area contributed by atoms with Crippen molar-refractivity contribution < 1.29 is 45.2 Å². The molecule has 0 bridgehead atoms. The standard InChI is InChI=1S/C18H17.C9H13.C2H6Si.2ClH.Zr/c1-12-10-16(11-13(2)14(12)3)18-9-8-15-6-4-5-7-17(15)18;1-6-5-7(2)9(4)8(6)3;1-3-2;;;/h4-11H,1-3H3;6H,1-4H3;1-2H3;2*1H;/q;;;;;+2/p-2. The fraction of sp³-hybridized carbons (Fsp3) is 0.379. The van der Waals surface area contributed by atoms with Gasteiger partial charge in [-0.15, -0.1) is 0 Å². The van der Waals surface area contributed by atoms with E-state index in [0.29, 0.717) is 9.54 Å². The average molecular weight is 575 g/mol. The molecule has 4 rings (SSSR count). The van der Waals surface area contributed by atoms with Crippen LogP contribution in [-0.2, 0) is 20.4 Å². The Bertz CT molecular complexity index is 1200. The molecule has 2 aromatic rings. The van der Waals surface area contributed by atoms with E-state index in [-0.39, 0.29) is 30.2 Å². The molecule has 0 radical (unpaired) electrons. The monoisotopic (exact) mass is 572 g/mol. The van der Waals surface area contributed by atoms with Gasteiger partial charge in [-0.3, -0.25) is 0 Å². The molecule has 0 N–H and O–H groups in total. The summed E-state index contributed by atoms with van der Waals surface area (Å²) in [5.74, 6) is 0.655. The predicted molar refractivity (Wildman–Crippen MR) is 135 cm³/mol. The quantitative estimate of drug-likeness (QED) is 0.494. The predicted octanol–water partition coefficient (Wildman–Crippen LogP) is 2.24. The second kappa shape index (κ2) is 10.9. The molecule has 0 aliphatic heterocycles. The van der Waals surface area contributed by atoms with Crippen molar-refractivity contribution in [3.63, 3.8) is 0 Å². The molecule has 0 saturated carbocycles. The molecule has 0 saturated heterocycles. The van der Waals surface area contributed by atoms with Crippen molar-refractivity contribution in [3.8, 4) is 0 Å². The third kappa shape index (κ3) is 4.88. The SMILES string of the molecule is CC1=C(C)C(C)[C]([Zr+2]([CH]2C=C(c3cc(C)c(C)c(C)c3)c3ccccc32)=[Si](C)C)=C1C.[Cl-].[Cl-]. The van der Waals surface area contributed by atoms with Gasteiger partial charge in [-0.2, -0.15) is 0 Å². The number of halogens is 2. The molecule has 0 amide bonds. The molecule has 0 nitrogen and oxygen atoms in total. The van der Waals surface area contributed by atoms with Gasteiger partial charge in [0.25, 0.3) is 0 Å². The maximum absolute atomic E-state index is 2.70. The zero-order chi connectivity index (χ0) is 22.6. The molecule has 174 valence electrons.